The zero-order chi connectivity index (χ0) is 15.6. The zero-order valence-corrected chi connectivity index (χ0v) is 12.8. The highest BCUT2D eigenvalue weighted by Gasteiger charge is 2.21. The van der Waals surface area contributed by atoms with Crippen molar-refractivity contribution in [2.45, 2.75) is 0 Å². The van der Waals surface area contributed by atoms with E-state index in [9.17, 15) is 8.42 Å². The summed E-state index contributed by atoms with van der Waals surface area (Å²) in [4.78, 5) is 0. The number of hydrogen-bond acceptors (Lipinski definition) is 4. The van der Waals surface area contributed by atoms with Crippen molar-refractivity contribution in [3.8, 4) is 0 Å². The third-order valence-electron chi connectivity index (χ3n) is 2.83. The molecule has 0 spiro atoms. The fourth-order valence-electron chi connectivity index (χ4n) is 1.86. The summed E-state index contributed by atoms with van der Waals surface area (Å²) in [6, 6.07) is 15.6. The molecule has 7 heteroatoms. The third-order valence-corrected chi connectivity index (χ3v) is 4.01. The number of nitrogens with one attached hydrogen (secondary N) is 1. The Morgan fingerprint density at radius 2 is 1.68 bits per heavy atom. The Balaban J connectivity index is 1.88. The van der Waals surface area contributed by atoms with E-state index >= 15 is 0 Å². The smallest absolute Gasteiger partial charge is 0.311 e. The monoisotopic (exact) mass is 334 g/mol. The summed E-state index contributed by atoms with van der Waals surface area (Å²) < 4.78 is 32.9. The van der Waals surface area contributed by atoms with Crippen LogP contribution in [0.3, 0.4) is 0 Å². The predicted molar refractivity (Wildman–Crippen MR) is 86.9 cm³/mol. The van der Waals surface area contributed by atoms with Crippen molar-refractivity contribution in [2.75, 3.05) is 5.32 Å². The molecule has 0 bridgehead atoms. The number of nitrogens with zero attached hydrogens (tertiary/aromatic N) is 1. The number of rotatable bonds is 2. The van der Waals surface area contributed by atoms with Gasteiger partial charge in [0.1, 0.15) is 0 Å². The van der Waals surface area contributed by atoms with Crippen molar-refractivity contribution in [1.82, 2.24) is 0 Å². The molecule has 1 aliphatic heterocycles. The van der Waals surface area contributed by atoms with Crippen LogP contribution in [0.25, 0.3) is 5.76 Å². The highest BCUT2D eigenvalue weighted by Crippen LogP contribution is 2.23. The molecule has 0 aromatic heterocycles. The minimum Gasteiger partial charge on any atom is -0.424 e. The van der Waals surface area contributed by atoms with Crippen LogP contribution in [0.4, 0.5) is 5.69 Å². The Morgan fingerprint density at radius 1 is 1.00 bits per heavy atom. The molecule has 2 aromatic carbocycles. The lowest BCUT2D eigenvalue weighted by Gasteiger charge is -2.16. The van der Waals surface area contributed by atoms with Crippen LogP contribution in [0.5, 0.6) is 0 Å². The minimum absolute atomic E-state index is 0.108. The van der Waals surface area contributed by atoms with Crippen molar-refractivity contribution in [2.24, 2.45) is 4.40 Å². The number of amidine groups is 1. The van der Waals surface area contributed by atoms with Crippen LogP contribution in [0.2, 0.25) is 5.02 Å². The molecule has 5 nitrogen and oxygen atoms in total. The standard InChI is InChI=1S/C15H11ClN2O3S/c16-12-6-8-13(9-7-12)17-15-18-22(19,20)10-14(21-15)11-4-2-1-3-5-11/h1-10H,(H,17,18). The van der Waals surface area contributed by atoms with Crippen LogP contribution in [-0.2, 0) is 14.8 Å². The van der Waals surface area contributed by atoms with Gasteiger partial charge in [0.15, 0.2) is 5.76 Å². The summed E-state index contributed by atoms with van der Waals surface area (Å²) in [7, 11) is -3.75. The number of sulfonamides is 1. The van der Waals surface area contributed by atoms with Gasteiger partial charge in [0.2, 0.25) is 0 Å². The molecule has 2 aromatic rings. The van der Waals surface area contributed by atoms with E-state index in [-0.39, 0.29) is 11.8 Å². The fourth-order valence-corrected chi connectivity index (χ4v) is 2.81. The summed E-state index contributed by atoms with van der Waals surface area (Å²) >= 11 is 5.81. The molecule has 0 amide bonds. The van der Waals surface area contributed by atoms with Gasteiger partial charge in [-0.05, 0) is 24.3 Å². The highest BCUT2D eigenvalue weighted by molar-refractivity contribution is 7.93. The molecular weight excluding hydrogens is 324 g/mol. The van der Waals surface area contributed by atoms with Crippen LogP contribution in [-0.4, -0.2) is 14.4 Å². The second-order valence-electron chi connectivity index (χ2n) is 4.49. The molecule has 0 saturated carbocycles. The van der Waals surface area contributed by atoms with E-state index < -0.39 is 10.0 Å². The maximum absolute atomic E-state index is 11.9. The van der Waals surface area contributed by atoms with E-state index in [4.69, 9.17) is 16.3 Å². The Bertz CT molecular complexity index is 844. The molecule has 22 heavy (non-hydrogen) atoms. The van der Waals surface area contributed by atoms with Crippen molar-refractivity contribution < 1.29 is 13.2 Å². The molecule has 0 fully saturated rings. The van der Waals surface area contributed by atoms with Crippen LogP contribution in [0.1, 0.15) is 5.56 Å². The molecule has 0 aliphatic carbocycles. The lowest BCUT2D eigenvalue weighted by atomic mass is 10.2. The van der Waals surface area contributed by atoms with Gasteiger partial charge in [0.05, 0.1) is 5.41 Å². The van der Waals surface area contributed by atoms with Crippen LogP contribution in [0, 0.1) is 0 Å². The molecule has 0 atom stereocenters. The Labute approximate surface area is 133 Å². The van der Waals surface area contributed by atoms with Gasteiger partial charge in [-0.2, -0.15) is 8.42 Å². The maximum Gasteiger partial charge on any atom is 0.311 e. The lowest BCUT2D eigenvalue weighted by Crippen LogP contribution is -2.21. The largest absolute Gasteiger partial charge is 0.424 e. The number of anilines is 1. The third kappa shape index (κ3) is 3.47. The first-order valence-corrected chi connectivity index (χ1v) is 8.22. The molecule has 1 N–H and O–H groups in total. The van der Waals surface area contributed by atoms with Gasteiger partial charge in [-0.15, -0.1) is 4.40 Å². The molecular formula is C15H11ClN2O3S. The van der Waals surface area contributed by atoms with Crippen LogP contribution < -0.4 is 5.32 Å². The average molecular weight is 335 g/mol. The number of benzene rings is 2. The summed E-state index contributed by atoms with van der Waals surface area (Å²) in [5.41, 5.74) is 1.27. The summed E-state index contributed by atoms with van der Waals surface area (Å²) in [6.45, 7) is 0. The Morgan fingerprint density at radius 3 is 2.36 bits per heavy atom. The predicted octanol–water partition coefficient (Wildman–Crippen LogP) is 3.47. The zero-order valence-electron chi connectivity index (χ0n) is 11.2. The molecule has 1 heterocycles. The Kier molecular flexibility index (Phi) is 3.87. The molecule has 3 rings (SSSR count). The first kappa shape index (κ1) is 14.6. The molecule has 1 aliphatic rings. The highest BCUT2D eigenvalue weighted by atomic mass is 35.5. The van der Waals surface area contributed by atoms with E-state index in [1.165, 1.54) is 0 Å². The average Bonchev–Trinajstić information content (AvgIpc) is 2.49. The van der Waals surface area contributed by atoms with Crippen LogP contribution >= 0.6 is 11.6 Å². The van der Waals surface area contributed by atoms with Crippen molar-refractivity contribution in [3.63, 3.8) is 0 Å². The first-order chi connectivity index (χ1) is 10.5. The van der Waals surface area contributed by atoms with Crippen molar-refractivity contribution >= 4 is 39.1 Å². The first-order valence-electron chi connectivity index (χ1n) is 6.34. The molecule has 0 unspecified atom stereocenters. The van der Waals surface area contributed by atoms with Gasteiger partial charge in [0.25, 0.3) is 10.0 Å². The van der Waals surface area contributed by atoms with Crippen LogP contribution in [0.15, 0.2) is 64.4 Å². The molecule has 0 radical (unpaired) electrons. The van der Waals surface area contributed by atoms with Gasteiger partial charge < -0.3 is 10.1 Å². The van der Waals surface area contributed by atoms with Gasteiger partial charge >= 0.3 is 6.02 Å². The lowest BCUT2D eigenvalue weighted by molar-refractivity contribution is 0.501. The van der Waals surface area contributed by atoms with E-state index in [0.717, 1.165) is 5.41 Å². The normalized spacial score (nSPS) is 16.2. The van der Waals surface area contributed by atoms with E-state index in [0.29, 0.717) is 16.3 Å². The summed E-state index contributed by atoms with van der Waals surface area (Å²) in [5.74, 6) is 0.215. The number of halogens is 1. The second kappa shape index (κ2) is 5.82. The van der Waals surface area contributed by atoms with Crippen molar-refractivity contribution in [1.29, 1.82) is 0 Å². The van der Waals surface area contributed by atoms with E-state index in [1.807, 2.05) is 6.07 Å². The minimum atomic E-state index is -3.75. The van der Waals surface area contributed by atoms with Gasteiger partial charge in [-0.25, -0.2) is 0 Å². The fraction of sp³-hybridized carbons (Fsp3) is 0. The topological polar surface area (TPSA) is 67.8 Å². The van der Waals surface area contributed by atoms with E-state index in [2.05, 4.69) is 9.71 Å². The summed E-state index contributed by atoms with van der Waals surface area (Å²) in [6.07, 6.45) is 0. The SMILES string of the molecule is O=S1(=O)C=C(c2ccccc2)OC(Nc2ccc(Cl)cc2)=N1. The van der Waals surface area contributed by atoms with E-state index in [1.54, 1.807) is 48.5 Å². The van der Waals surface area contributed by atoms with Crippen molar-refractivity contribution in [3.05, 3.63) is 70.6 Å². The molecule has 112 valence electrons. The number of hydrogen-bond donors (Lipinski definition) is 1. The number of ether oxygens (including phenoxy) is 1. The van der Waals surface area contributed by atoms with Gasteiger partial charge in [-0.3, -0.25) is 0 Å². The second-order valence-corrected chi connectivity index (χ2v) is 6.38. The molecule has 0 saturated heterocycles. The maximum atomic E-state index is 11.9. The Hall–Kier alpha value is -2.31. The quantitative estimate of drug-likeness (QED) is 0.913. The van der Waals surface area contributed by atoms with Gasteiger partial charge in [0, 0.05) is 16.3 Å². The summed E-state index contributed by atoms with van der Waals surface area (Å²) in [5, 5.41) is 4.39. The van der Waals surface area contributed by atoms with Gasteiger partial charge in [-0.1, -0.05) is 41.9 Å².